The van der Waals surface area contributed by atoms with E-state index in [9.17, 15) is 0 Å². The first-order chi connectivity index (χ1) is 5.18. The third-order valence-electron chi connectivity index (χ3n) is 1.59. The van der Waals surface area contributed by atoms with Crippen LogP contribution in [0.2, 0.25) is 0 Å². The minimum Gasteiger partial charge on any atom is -0.316 e. The molecule has 0 radical (unpaired) electrons. The van der Waals surface area contributed by atoms with Crippen LogP contribution >= 0.6 is 0 Å². The zero-order valence-electron chi connectivity index (χ0n) is 6.75. The third-order valence-corrected chi connectivity index (χ3v) is 1.59. The maximum atomic E-state index is 5.44. The van der Waals surface area contributed by atoms with Crippen molar-refractivity contribution in [1.82, 2.24) is 0 Å². The summed E-state index contributed by atoms with van der Waals surface area (Å²) < 4.78 is 0. The summed E-state index contributed by atoms with van der Waals surface area (Å²) in [6, 6.07) is 8.25. The summed E-state index contributed by atoms with van der Waals surface area (Å²) in [5.41, 5.74) is 13.3. The summed E-state index contributed by atoms with van der Waals surface area (Å²) in [5.74, 6) is 0. The zero-order valence-corrected chi connectivity index (χ0v) is 6.75. The molecular weight excluding hydrogens is 136 g/mol. The summed E-state index contributed by atoms with van der Waals surface area (Å²) in [6.07, 6.45) is 0.512. The van der Waals surface area contributed by atoms with E-state index in [0.717, 1.165) is 6.42 Å². The molecule has 0 spiro atoms. The van der Waals surface area contributed by atoms with Gasteiger partial charge in [0.05, 0.1) is 6.17 Å². The molecule has 1 aromatic carbocycles. The fourth-order valence-corrected chi connectivity index (χ4v) is 0.996. The lowest BCUT2D eigenvalue weighted by molar-refractivity contribution is 0.703. The van der Waals surface area contributed by atoms with Gasteiger partial charge in [0.2, 0.25) is 0 Å². The van der Waals surface area contributed by atoms with Crippen molar-refractivity contribution in [3.05, 3.63) is 35.4 Å². The lowest BCUT2D eigenvalue weighted by Crippen LogP contribution is -2.32. The Hall–Kier alpha value is -0.860. The molecular formula is C9H14N2. The van der Waals surface area contributed by atoms with Crippen LogP contribution < -0.4 is 11.5 Å². The molecule has 1 rings (SSSR count). The molecule has 60 valence electrons. The van der Waals surface area contributed by atoms with Crippen molar-refractivity contribution in [2.45, 2.75) is 19.5 Å². The summed E-state index contributed by atoms with van der Waals surface area (Å²) in [5, 5.41) is 0. The van der Waals surface area contributed by atoms with E-state index in [4.69, 9.17) is 11.5 Å². The molecule has 0 aliphatic rings. The largest absolute Gasteiger partial charge is 0.316 e. The van der Waals surface area contributed by atoms with E-state index in [0.29, 0.717) is 0 Å². The van der Waals surface area contributed by atoms with E-state index in [1.165, 1.54) is 11.1 Å². The highest BCUT2D eigenvalue weighted by Gasteiger charge is 1.95. The second-order valence-corrected chi connectivity index (χ2v) is 2.85. The van der Waals surface area contributed by atoms with Crippen LogP contribution in [0.5, 0.6) is 0 Å². The first kappa shape index (κ1) is 8.24. The maximum absolute atomic E-state index is 5.44. The third kappa shape index (κ3) is 2.70. The number of aryl methyl sites for hydroxylation is 1. The zero-order chi connectivity index (χ0) is 8.27. The molecule has 1 aromatic rings. The Bertz CT molecular complexity index is 214. The standard InChI is InChI=1S/C9H14N2/c1-7-2-4-8(5-3-7)6-9(10)11/h2-5,9H,6,10-11H2,1H3. The normalized spacial score (nSPS) is 10.5. The Morgan fingerprint density at radius 3 is 2.18 bits per heavy atom. The predicted molar refractivity (Wildman–Crippen MR) is 47.0 cm³/mol. The summed E-state index contributed by atoms with van der Waals surface area (Å²) >= 11 is 0. The fraction of sp³-hybridized carbons (Fsp3) is 0.333. The van der Waals surface area contributed by atoms with Crippen molar-refractivity contribution in [1.29, 1.82) is 0 Å². The molecule has 0 heterocycles. The Balaban J connectivity index is 2.66. The molecule has 0 saturated carbocycles. The number of rotatable bonds is 2. The van der Waals surface area contributed by atoms with E-state index in [1.807, 2.05) is 0 Å². The van der Waals surface area contributed by atoms with E-state index in [2.05, 4.69) is 31.2 Å². The molecule has 4 N–H and O–H groups in total. The van der Waals surface area contributed by atoms with E-state index < -0.39 is 0 Å². The Morgan fingerprint density at radius 1 is 1.18 bits per heavy atom. The SMILES string of the molecule is Cc1ccc(CC(N)N)cc1. The van der Waals surface area contributed by atoms with E-state index in [-0.39, 0.29) is 6.17 Å². The predicted octanol–water partition coefficient (Wildman–Crippen LogP) is 0.781. The minimum atomic E-state index is -0.238. The molecule has 0 bridgehead atoms. The lowest BCUT2D eigenvalue weighted by Gasteiger charge is -2.04. The smallest absolute Gasteiger partial charge is 0.0562 e. The molecule has 2 nitrogen and oxygen atoms in total. The van der Waals surface area contributed by atoms with Gasteiger partial charge in [0, 0.05) is 6.42 Å². The quantitative estimate of drug-likeness (QED) is 0.612. The first-order valence-corrected chi connectivity index (χ1v) is 3.75. The number of nitrogens with two attached hydrogens (primary N) is 2. The van der Waals surface area contributed by atoms with E-state index in [1.54, 1.807) is 0 Å². The Labute approximate surface area is 67.2 Å². The molecule has 11 heavy (non-hydrogen) atoms. The highest BCUT2D eigenvalue weighted by Crippen LogP contribution is 2.03. The topological polar surface area (TPSA) is 52.0 Å². The fourth-order valence-electron chi connectivity index (χ4n) is 0.996. The average Bonchev–Trinajstić information content (AvgIpc) is 1.93. The Morgan fingerprint density at radius 2 is 1.73 bits per heavy atom. The average molecular weight is 150 g/mol. The van der Waals surface area contributed by atoms with Crippen LogP contribution in [0.25, 0.3) is 0 Å². The van der Waals surface area contributed by atoms with Gasteiger partial charge >= 0.3 is 0 Å². The highest BCUT2D eigenvalue weighted by molar-refractivity contribution is 5.21. The summed E-state index contributed by atoms with van der Waals surface area (Å²) in [7, 11) is 0. The van der Waals surface area contributed by atoms with Crippen molar-refractivity contribution in [2.75, 3.05) is 0 Å². The van der Waals surface area contributed by atoms with Gasteiger partial charge in [0.25, 0.3) is 0 Å². The van der Waals surface area contributed by atoms with Gasteiger partial charge in [-0.05, 0) is 12.5 Å². The molecule has 0 aliphatic heterocycles. The van der Waals surface area contributed by atoms with Crippen LogP contribution in [0.3, 0.4) is 0 Å². The van der Waals surface area contributed by atoms with Gasteiger partial charge in [0.1, 0.15) is 0 Å². The summed E-state index contributed by atoms with van der Waals surface area (Å²) in [6.45, 7) is 2.06. The highest BCUT2D eigenvalue weighted by atomic mass is 14.8. The lowest BCUT2D eigenvalue weighted by atomic mass is 10.1. The van der Waals surface area contributed by atoms with E-state index >= 15 is 0 Å². The molecule has 2 heteroatoms. The number of hydrogen-bond acceptors (Lipinski definition) is 2. The maximum Gasteiger partial charge on any atom is 0.0562 e. The molecule has 0 fully saturated rings. The van der Waals surface area contributed by atoms with Crippen molar-refractivity contribution in [2.24, 2.45) is 11.5 Å². The molecule has 0 aliphatic carbocycles. The molecule has 0 unspecified atom stereocenters. The van der Waals surface area contributed by atoms with Gasteiger partial charge in [-0.15, -0.1) is 0 Å². The van der Waals surface area contributed by atoms with Gasteiger partial charge in [-0.3, -0.25) is 0 Å². The van der Waals surface area contributed by atoms with Gasteiger partial charge < -0.3 is 11.5 Å². The van der Waals surface area contributed by atoms with Crippen LogP contribution in [0.4, 0.5) is 0 Å². The summed E-state index contributed by atoms with van der Waals surface area (Å²) in [4.78, 5) is 0. The van der Waals surface area contributed by atoms with Crippen molar-refractivity contribution >= 4 is 0 Å². The van der Waals surface area contributed by atoms with Crippen molar-refractivity contribution < 1.29 is 0 Å². The first-order valence-electron chi connectivity index (χ1n) is 3.75. The minimum absolute atomic E-state index is 0.238. The van der Waals surface area contributed by atoms with Crippen LogP contribution in [-0.4, -0.2) is 6.17 Å². The second kappa shape index (κ2) is 3.51. The number of hydrogen-bond donors (Lipinski definition) is 2. The van der Waals surface area contributed by atoms with Crippen LogP contribution in [0.1, 0.15) is 11.1 Å². The van der Waals surface area contributed by atoms with Crippen LogP contribution in [0.15, 0.2) is 24.3 Å². The Kier molecular flexibility index (Phi) is 2.63. The molecule has 0 aromatic heterocycles. The van der Waals surface area contributed by atoms with Gasteiger partial charge in [-0.2, -0.15) is 0 Å². The van der Waals surface area contributed by atoms with Gasteiger partial charge in [-0.1, -0.05) is 29.8 Å². The molecule has 0 amide bonds. The van der Waals surface area contributed by atoms with Gasteiger partial charge in [-0.25, -0.2) is 0 Å². The molecule has 0 atom stereocenters. The van der Waals surface area contributed by atoms with Crippen LogP contribution in [-0.2, 0) is 6.42 Å². The van der Waals surface area contributed by atoms with Gasteiger partial charge in [0.15, 0.2) is 0 Å². The van der Waals surface area contributed by atoms with Crippen molar-refractivity contribution in [3.63, 3.8) is 0 Å². The monoisotopic (exact) mass is 150 g/mol. The number of benzene rings is 1. The van der Waals surface area contributed by atoms with Crippen LogP contribution in [0, 0.1) is 6.92 Å². The molecule has 0 saturated heterocycles. The van der Waals surface area contributed by atoms with Crippen molar-refractivity contribution in [3.8, 4) is 0 Å². The second-order valence-electron chi connectivity index (χ2n) is 2.85.